The fraction of sp³-hybridized carbons (Fsp3) is 0.647. The van der Waals surface area contributed by atoms with Crippen LogP contribution in [0.2, 0.25) is 0 Å². The second-order valence-electron chi connectivity index (χ2n) is 6.47. The predicted octanol–water partition coefficient (Wildman–Crippen LogP) is 4.82. The fourth-order valence-electron chi connectivity index (χ4n) is 4.03. The van der Waals surface area contributed by atoms with Crippen molar-refractivity contribution in [2.24, 2.45) is 5.92 Å². The monoisotopic (exact) mass is 402 g/mol. The van der Waals surface area contributed by atoms with Crippen molar-refractivity contribution in [2.75, 3.05) is 26.2 Å². The van der Waals surface area contributed by atoms with Crippen molar-refractivity contribution in [1.82, 2.24) is 10.2 Å². The van der Waals surface area contributed by atoms with Gasteiger partial charge in [0.05, 0.1) is 5.56 Å². The summed E-state index contributed by atoms with van der Waals surface area (Å²) in [5.41, 5.74) is -0.957. The Labute approximate surface area is 158 Å². The lowest BCUT2D eigenvalue weighted by Gasteiger charge is -2.39. The van der Waals surface area contributed by atoms with Crippen molar-refractivity contribution in [3.63, 3.8) is 0 Å². The average Bonchev–Trinajstić information content (AvgIpc) is 3.03. The van der Waals surface area contributed by atoms with Crippen LogP contribution in [0.1, 0.15) is 42.9 Å². The van der Waals surface area contributed by atoms with Crippen LogP contribution < -0.4 is 5.32 Å². The second kappa shape index (κ2) is 9.40. The lowest BCUT2D eigenvalue weighted by molar-refractivity contribution is -0.139. The zero-order valence-corrected chi connectivity index (χ0v) is 15.5. The van der Waals surface area contributed by atoms with Gasteiger partial charge in [0.25, 0.3) is 0 Å². The second-order valence-corrected chi connectivity index (χ2v) is 6.47. The normalized spacial score (nSPS) is 20.6. The first-order valence-corrected chi connectivity index (χ1v) is 8.29. The molecule has 1 aromatic rings. The Morgan fingerprint density at radius 3 is 2.20 bits per heavy atom. The van der Waals surface area contributed by atoms with Crippen LogP contribution in [0.25, 0.3) is 0 Å². The van der Waals surface area contributed by atoms with Gasteiger partial charge in [-0.1, -0.05) is 18.9 Å². The third-order valence-corrected chi connectivity index (χ3v) is 5.05. The van der Waals surface area contributed by atoms with Gasteiger partial charge in [0.1, 0.15) is 5.82 Å². The van der Waals surface area contributed by atoms with Gasteiger partial charge in [-0.05, 0) is 30.9 Å². The van der Waals surface area contributed by atoms with E-state index in [-0.39, 0.29) is 36.3 Å². The quantitative estimate of drug-likeness (QED) is 0.728. The molecule has 25 heavy (non-hydrogen) atoms. The van der Waals surface area contributed by atoms with Gasteiger partial charge in [0, 0.05) is 37.8 Å². The number of alkyl halides is 3. The van der Waals surface area contributed by atoms with E-state index in [0.717, 1.165) is 57.0 Å². The summed E-state index contributed by atoms with van der Waals surface area (Å²) in [5, 5.41) is 3.21. The molecular formula is C17H24Cl2F4N2. The van der Waals surface area contributed by atoms with Gasteiger partial charge in [-0.25, -0.2) is 4.39 Å². The number of halogens is 6. The SMILES string of the molecule is Cl.Cl.Fc1cccc(C(F)(F)F)c1[C@H](C1CCCC1)N1CCNCC1. The van der Waals surface area contributed by atoms with E-state index in [1.807, 2.05) is 4.90 Å². The van der Waals surface area contributed by atoms with E-state index in [0.29, 0.717) is 13.1 Å². The standard InChI is InChI=1S/C17H22F4N2.2ClH/c18-14-7-3-6-13(17(19,20)21)15(14)16(12-4-1-2-5-12)23-10-8-22-9-11-23;;/h3,6-7,12,16,22H,1-2,4-5,8-11H2;2*1H/t16-;;/m0../s1. The smallest absolute Gasteiger partial charge is 0.314 e. The number of nitrogens with one attached hydrogen (secondary N) is 1. The summed E-state index contributed by atoms with van der Waals surface area (Å²) in [4.78, 5) is 2.04. The molecule has 1 aliphatic heterocycles. The number of hydrogen-bond donors (Lipinski definition) is 1. The summed E-state index contributed by atoms with van der Waals surface area (Å²) in [6.45, 7) is 2.79. The molecule has 0 radical (unpaired) electrons. The summed E-state index contributed by atoms with van der Waals surface area (Å²) in [7, 11) is 0. The largest absolute Gasteiger partial charge is 0.416 e. The van der Waals surface area contributed by atoms with Crippen molar-refractivity contribution >= 4 is 24.8 Å². The molecule has 2 aliphatic rings. The fourth-order valence-corrected chi connectivity index (χ4v) is 4.03. The molecule has 144 valence electrons. The molecule has 0 spiro atoms. The zero-order valence-electron chi connectivity index (χ0n) is 13.8. The van der Waals surface area contributed by atoms with Crippen LogP contribution in [-0.4, -0.2) is 31.1 Å². The summed E-state index contributed by atoms with van der Waals surface area (Å²) in [5.74, 6) is -0.624. The third kappa shape index (κ3) is 5.00. The number of benzene rings is 1. The van der Waals surface area contributed by atoms with Gasteiger partial charge in [-0.15, -0.1) is 24.8 Å². The molecule has 1 aromatic carbocycles. The first kappa shape index (κ1) is 22.5. The van der Waals surface area contributed by atoms with Crippen LogP contribution in [0.15, 0.2) is 18.2 Å². The molecule has 2 fully saturated rings. The van der Waals surface area contributed by atoms with E-state index in [9.17, 15) is 17.6 Å². The van der Waals surface area contributed by atoms with Gasteiger partial charge in [0.15, 0.2) is 0 Å². The number of rotatable bonds is 3. The highest BCUT2D eigenvalue weighted by molar-refractivity contribution is 5.85. The van der Waals surface area contributed by atoms with Gasteiger partial charge in [-0.2, -0.15) is 13.2 Å². The number of hydrogen-bond acceptors (Lipinski definition) is 2. The first-order chi connectivity index (χ1) is 11.0. The first-order valence-electron chi connectivity index (χ1n) is 8.29. The minimum atomic E-state index is -4.53. The highest BCUT2D eigenvalue weighted by atomic mass is 35.5. The molecule has 8 heteroatoms. The Morgan fingerprint density at radius 1 is 1.04 bits per heavy atom. The Balaban J connectivity index is 0.00000156. The van der Waals surface area contributed by atoms with Gasteiger partial charge < -0.3 is 5.32 Å². The molecular weight excluding hydrogens is 379 g/mol. The molecule has 1 saturated heterocycles. The van der Waals surface area contributed by atoms with Crippen molar-refractivity contribution in [3.8, 4) is 0 Å². The minimum absolute atomic E-state index is 0. The number of nitrogens with zero attached hydrogens (tertiary/aromatic N) is 1. The van der Waals surface area contributed by atoms with Gasteiger partial charge in [0.2, 0.25) is 0 Å². The van der Waals surface area contributed by atoms with Crippen LogP contribution in [0.4, 0.5) is 17.6 Å². The molecule has 2 nitrogen and oxygen atoms in total. The summed E-state index contributed by atoms with van der Waals surface area (Å²) in [6, 6.07) is 2.86. The maximum Gasteiger partial charge on any atom is 0.416 e. The lowest BCUT2D eigenvalue weighted by atomic mass is 9.86. The molecule has 0 unspecified atom stereocenters. The van der Waals surface area contributed by atoms with E-state index >= 15 is 0 Å². The van der Waals surface area contributed by atoms with E-state index < -0.39 is 23.6 Å². The van der Waals surface area contributed by atoms with Gasteiger partial charge in [-0.3, -0.25) is 4.90 Å². The lowest BCUT2D eigenvalue weighted by Crippen LogP contribution is -2.47. The topological polar surface area (TPSA) is 15.3 Å². The Morgan fingerprint density at radius 2 is 1.64 bits per heavy atom. The molecule has 1 saturated carbocycles. The van der Waals surface area contributed by atoms with E-state index in [4.69, 9.17) is 0 Å². The third-order valence-electron chi connectivity index (χ3n) is 5.05. The highest BCUT2D eigenvalue weighted by Crippen LogP contribution is 2.45. The molecule has 1 atom stereocenters. The highest BCUT2D eigenvalue weighted by Gasteiger charge is 2.41. The minimum Gasteiger partial charge on any atom is -0.314 e. The van der Waals surface area contributed by atoms with E-state index in [2.05, 4.69) is 5.32 Å². The van der Waals surface area contributed by atoms with E-state index in [1.165, 1.54) is 0 Å². The summed E-state index contributed by atoms with van der Waals surface area (Å²) < 4.78 is 54.8. The Bertz CT molecular complexity index is 542. The summed E-state index contributed by atoms with van der Waals surface area (Å²) in [6.07, 6.45) is -0.741. The van der Waals surface area contributed by atoms with Crippen molar-refractivity contribution in [1.29, 1.82) is 0 Å². The van der Waals surface area contributed by atoms with Crippen LogP contribution in [-0.2, 0) is 6.18 Å². The predicted molar refractivity (Wildman–Crippen MR) is 95.0 cm³/mol. The van der Waals surface area contributed by atoms with Crippen LogP contribution in [0, 0.1) is 11.7 Å². The Hall–Kier alpha value is -0.560. The van der Waals surface area contributed by atoms with Crippen molar-refractivity contribution in [3.05, 3.63) is 35.1 Å². The van der Waals surface area contributed by atoms with Crippen molar-refractivity contribution < 1.29 is 17.6 Å². The molecule has 1 N–H and O–H groups in total. The zero-order chi connectivity index (χ0) is 16.4. The maximum atomic E-state index is 14.5. The van der Waals surface area contributed by atoms with Gasteiger partial charge >= 0.3 is 6.18 Å². The number of piperazine rings is 1. The van der Waals surface area contributed by atoms with Crippen LogP contribution in [0.5, 0.6) is 0 Å². The molecule has 1 aliphatic carbocycles. The van der Waals surface area contributed by atoms with E-state index in [1.54, 1.807) is 0 Å². The molecule has 1 heterocycles. The van der Waals surface area contributed by atoms with Crippen molar-refractivity contribution in [2.45, 2.75) is 37.9 Å². The maximum absolute atomic E-state index is 14.5. The average molecular weight is 403 g/mol. The Kier molecular flexibility index (Phi) is 8.45. The molecule has 0 aromatic heterocycles. The molecule has 3 rings (SSSR count). The van der Waals surface area contributed by atoms with Crippen LogP contribution in [0.3, 0.4) is 0 Å². The molecule has 0 amide bonds. The van der Waals surface area contributed by atoms with Crippen LogP contribution >= 0.6 is 24.8 Å². The molecule has 0 bridgehead atoms. The summed E-state index contributed by atoms with van der Waals surface area (Å²) >= 11 is 0.